The van der Waals surface area contributed by atoms with Gasteiger partial charge in [-0.2, -0.15) is 0 Å². The third kappa shape index (κ3) is 2.91. The van der Waals surface area contributed by atoms with E-state index >= 15 is 0 Å². The number of benzene rings is 1. The molecule has 0 saturated carbocycles. The summed E-state index contributed by atoms with van der Waals surface area (Å²) >= 11 is 0. The van der Waals surface area contributed by atoms with Crippen LogP contribution < -0.4 is 10.1 Å². The highest BCUT2D eigenvalue weighted by atomic mass is 19.1. The summed E-state index contributed by atoms with van der Waals surface area (Å²) in [7, 11) is 1.47. The summed E-state index contributed by atoms with van der Waals surface area (Å²) in [5.74, 6) is -0.0416. The van der Waals surface area contributed by atoms with Gasteiger partial charge in [-0.15, -0.1) is 0 Å². The lowest BCUT2D eigenvalue weighted by atomic mass is 10.2. The van der Waals surface area contributed by atoms with Crippen LogP contribution >= 0.6 is 0 Å². The van der Waals surface area contributed by atoms with Crippen molar-refractivity contribution < 1.29 is 9.13 Å². The molecule has 0 aliphatic carbocycles. The number of unbranched alkanes of at least 4 members (excludes halogenated alkanes) is 1. The molecule has 1 N–H and O–H groups in total. The summed E-state index contributed by atoms with van der Waals surface area (Å²) in [6.07, 6.45) is 2.25. The van der Waals surface area contributed by atoms with E-state index in [0.717, 1.165) is 25.1 Å². The van der Waals surface area contributed by atoms with Gasteiger partial charge in [-0.05, 0) is 18.6 Å². The van der Waals surface area contributed by atoms with Crippen molar-refractivity contribution in [2.45, 2.75) is 19.8 Å². The van der Waals surface area contributed by atoms with E-state index < -0.39 is 0 Å². The maximum atomic E-state index is 13.0. The van der Waals surface area contributed by atoms with Gasteiger partial charge in [-0.3, -0.25) is 0 Å². The molecule has 1 aromatic carbocycles. The fourth-order valence-electron chi connectivity index (χ4n) is 1.18. The van der Waals surface area contributed by atoms with Crippen molar-refractivity contribution in [2.24, 2.45) is 0 Å². The molecule has 0 unspecified atom stereocenters. The van der Waals surface area contributed by atoms with Crippen LogP contribution in [-0.2, 0) is 0 Å². The smallest absolute Gasteiger partial charge is 0.165 e. The first kappa shape index (κ1) is 10.8. The van der Waals surface area contributed by atoms with Gasteiger partial charge in [0.25, 0.3) is 0 Å². The molecule has 0 amide bonds. The Morgan fingerprint density at radius 1 is 1.43 bits per heavy atom. The molecule has 1 rings (SSSR count). The van der Waals surface area contributed by atoms with Crippen LogP contribution in [-0.4, -0.2) is 13.7 Å². The molecular formula is C11H16FNO. The van der Waals surface area contributed by atoms with Crippen molar-refractivity contribution in [2.75, 3.05) is 19.0 Å². The van der Waals surface area contributed by atoms with E-state index in [-0.39, 0.29) is 11.6 Å². The molecule has 78 valence electrons. The molecule has 0 aliphatic heterocycles. The predicted octanol–water partition coefficient (Wildman–Crippen LogP) is 3.05. The van der Waals surface area contributed by atoms with E-state index in [4.69, 9.17) is 4.74 Å². The number of hydrogen-bond donors (Lipinski definition) is 1. The Kier molecular flexibility index (Phi) is 4.23. The summed E-state index contributed by atoms with van der Waals surface area (Å²) in [5, 5.41) is 3.20. The number of ether oxygens (including phenoxy) is 1. The van der Waals surface area contributed by atoms with Gasteiger partial charge in [0.2, 0.25) is 0 Å². The molecule has 0 aliphatic rings. The minimum atomic E-state index is -0.325. The number of nitrogens with one attached hydrogen (secondary N) is 1. The number of anilines is 1. The molecule has 3 heteroatoms. The zero-order chi connectivity index (χ0) is 10.4. The van der Waals surface area contributed by atoms with Crippen molar-refractivity contribution in [3.05, 3.63) is 24.0 Å². The van der Waals surface area contributed by atoms with Gasteiger partial charge < -0.3 is 10.1 Å². The van der Waals surface area contributed by atoms with Crippen molar-refractivity contribution in [1.29, 1.82) is 0 Å². The highest BCUT2D eigenvalue weighted by Gasteiger charge is 2.02. The topological polar surface area (TPSA) is 21.3 Å². The third-order valence-corrected chi connectivity index (χ3v) is 2.01. The Balaban J connectivity index is 2.60. The van der Waals surface area contributed by atoms with Crippen molar-refractivity contribution in [3.8, 4) is 5.75 Å². The van der Waals surface area contributed by atoms with Crippen molar-refractivity contribution in [1.82, 2.24) is 0 Å². The van der Waals surface area contributed by atoms with E-state index in [1.54, 1.807) is 12.1 Å². The first-order valence-electron chi connectivity index (χ1n) is 4.85. The zero-order valence-corrected chi connectivity index (χ0v) is 8.64. The Hall–Kier alpha value is -1.25. The minimum Gasteiger partial charge on any atom is -0.494 e. The SMILES string of the molecule is CCCCNc1ccc(F)c(OC)c1. The van der Waals surface area contributed by atoms with Crippen LogP contribution in [0.2, 0.25) is 0 Å². The predicted molar refractivity (Wildman–Crippen MR) is 56.3 cm³/mol. The van der Waals surface area contributed by atoms with Crippen LogP contribution in [0, 0.1) is 5.82 Å². The first-order valence-corrected chi connectivity index (χ1v) is 4.85. The normalized spacial score (nSPS) is 9.93. The Morgan fingerprint density at radius 2 is 2.21 bits per heavy atom. The summed E-state index contributed by atoms with van der Waals surface area (Å²) in [5.41, 5.74) is 0.900. The molecule has 0 heterocycles. The van der Waals surface area contributed by atoms with E-state index in [9.17, 15) is 4.39 Å². The van der Waals surface area contributed by atoms with Crippen LogP contribution in [0.3, 0.4) is 0 Å². The molecule has 0 saturated heterocycles. The van der Waals surface area contributed by atoms with Crippen LogP contribution in [0.15, 0.2) is 18.2 Å². The number of halogens is 1. The van der Waals surface area contributed by atoms with E-state index in [2.05, 4.69) is 12.2 Å². The Labute approximate surface area is 84.1 Å². The molecule has 0 bridgehead atoms. The molecule has 0 fully saturated rings. The van der Waals surface area contributed by atoms with Gasteiger partial charge in [-0.1, -0.05) is 13.3 Å². The summed E-state index contributed by atoms with van der Waals surface area (Å²) in [6, 6.07) is 4.80. The van der Waals surface area contributed by atoms with Crippen molar-refractivity contribution in [3.63, 3.8) is 0 Å². The zero-order valence-electron chi connectivity index (χ0n) is 8.64. The second kappa shape index (κ2) is 5.47. The van der Waals surface area contributed by atoms with Gasteiger partial charge >= 0.3 is 0 Å². The fourth-order valence-corrected chi connectivity index (χ4v) is 1.18. The number of hydrogen-bond acceptors (Lipinski definition) is 2. The molecule has 2 nitrogen and oxygen atoms in total. The molecular weight excluding hydrogens is 181 g/mol. The Morgan fingerprint density at radius 3 is 2.86 bits per heavy atom. The lowest BCUT2D eigenvalue weighted by Gasteiger charge is -2.07. The average Bonchev–Trinajstić information content (AvgIpc) is 2.21. The molecule has 0 atom stereocenters. The fraction of sp³-hybridized carbons (Fsp3) is 0.455. The van der Waals surface area contributed by atoms with Gasteiger partial charge in [0.1, 0.15) is 0 Å². The summed E-state index contributed by atoms with van der Waals surface area (Å²) in [4.78, 5) is 0. The number of methoxy groups -OCH3 is 1. The highest BCUT2D eigenvalue weighted by Crippen LogP contribution is 2.21. The lowest BCUT2D eigenvalue weighted by Crippen LogP contribution is -2.01. The minimum absolute atomic E-state index is 0.284. The standard InChI is InChI=1S/C11H16FNO/c1-3-4-7-13-9-5-6-10(12)11(8-9)14-2/h5-6,8,13H,3-4,7H2,1-2H3. The summed E-state index contributed by atoms with van der Waals surface area (Å²) < 4.78 is 17.9. The van der Waals surface area contributed by atoms with E-state index in [1.807, 2.05) is 0 Å². The lowest BCUT2D eigenvalue weighted by molar-refractivity contribution is 0.387. The Bertz CT molecular complexity index is 289. The second-order valence-corrected chi connectivity index (χ2v) is 3.13. The summed E-state index contributed by atoms with van der Waals surface area (Å²) in [6.45, 7) is 3.04. The third-order valence-electron chi connectivity index (χ3n) is 2.01. The van der Waals surface area contributed by atoms with Gasteiger partial charge in [-0.25, -0.2) is 4.39 Å². The highest BCUT2D eigenvalue weighted by molar-refractivity contribution is 5.48. The molecule has 0 spiro atoms. The average molecular weight is 197 g/mol. The van der Waals surface area contributed by atoms with Gasteiger partial charge in [0.05, 0.1) is 7.11 Å². The quantitative estimate of drug-likeness (QED) is 0.732. The van der Waals surface area contributed by atoms with Crippen LogP contribution in [0.1, 0.15) is 19.8 Å². The largest absolute Gasteiger partial charge is 0.494 e. The van der Waals surface area contributed by atoms with Crippen molar-refractivity contribution >= 4 is 5.69 Å². The van der Waals surface area contributed by atoms with Crippen LogP contribution in [0.5, 0.6) is 5.75 Å². The molecule has 0 radical (unpaired) electrons. The molecule has 1 aromatic rings. The number of rotatable bonds is 5. The van der Waals surface area contributed by atoms with Crippen LogP contribution in [0.4, 0.5) is 10.1 Å². The van der Waals surface area contributed by atoms with Gasteiger partial charge in [0, 0.05) is 18.3 Å². The molecule has 14 heavy (non-hydrogen) atoms. The van der Waals surface area contributed by atoms with E-state index in [0.29, 0.717) is 0 Å². The van der Waals surface area contributed by atoms with Crippen LogP contribution in [0.25, 0.3) is 0 Å². The molecule has 0 aromatic heterocycles. The monoisotopic (exact) mass is 197 g/mol. The first-order chi connectivity index (χ1) is 6.77. The maximum Gasteiger partial charge on any atom is 0.165 e. The maximum absolute atomic E-state index is 13.0. The second-order valence-electron chi connectivity index (χ2n) is 3.13. The van der Waals surface area contributed by atoms with Gasteiger partial charge in [0.15, 0.2) is 11.6 Å². The van der Waals surface area contributed by atoms with E-state index in [1.165, 1.54) is 13.2 Å².